The van der Waals surface area contributed by atoms with Gasteiger partial charge in [0.25, 0.3) is 10.0 Å². The van der Waals surface area contributed by atoms with Crippen molar-refractivity contribution in [3.8, 4) is 0 Å². The molecule has 0 saturated heterocycles. The number of aryl methyl sites for hydroxylation is 2. The van der Waals surface area contributed by atoms with Crippen LogP contribution in [-0.4, -0.2) is 41.5 Å². The molecule has 0 amide bonds. The summed E-state index contributed by atoms with van der Waals surface area (Å²) in [5, 5.41) is 10.5. The molecule has 0 aliphatic heterocycles. The highest BCUT2D eigenvalue weighted by Gasteiger charge is 2.31. The van der Waals surface area contributed by atoms with Crippen LogP contribution >= 0.6 is 11.3 Å². The molecule has 1 aromatic rings. The second kappa shape index (κ2) is 5.24. The predicted molar refractivity (Wildman–Crippen MR) is 72.3 cm³/mol. The number of hydrogen-bond acceptors (Lipinski definition) is 5. The van der Waals surface area contributed by atoms with Gasteiger partial charge in [-0.15, -0.1) is 11.3 Å². The molecule has 0 aliphatic rings. The van der Waals surface area contributed by atoms with Crippen molar-refractivity contribution in [1.29, 1.82) is 0 Å². The number of aliphatic hydroxyl groups is 1. The van der Waals surface area contributed by atoms with E-state index in [1.807, 2.05) is 0 Å². The maximum absolute atomic E-state index is 12.5. The van der Waals surface area contributed by atoms with Crippen LogP contribution in [0.2, 0.25) is 0 Å². The van der Waals surface area contributed by atoms with Gasteiger partial charge in [-0.1, -0.05) is 6.92 Å². The van der Waals surface area contributed by atoms with Gasteiger partial charge in [0.2, 0.25) is 0 Å². The predicted octanol–water partition coefficient (Wildman–Crippen LogP) is 1.54. The number of likely N-dealkylation sites (N-methyl/N-ethyl adjacent to an activating group) is 1. The summed E-state index contributed by atoms with van der Waals surface area (Å²) in [6.07, 6.45) is 0. The molecule has 0 radical (unpaired) electrons. The fourth-order valence-corrected chi connectivity index (χ4v) is 4.89. The normalized spacial score (nSPS) is 13.3. The Kier molecular flexibility index (Phi) is 4.53. The fourth-order valence-electron chi connectivity index (χ4n) is 1.67. The van der Waals surface area contributed by atoms with Crippen LogP contribution in [0.1, 0.15) is 31.5 Å². The van der Waals surface area contributed by atoms with Gasteiger partial charge in [0.15, 0.2) is 4.21 Å². The van der Waals surface area contributed by atoms with Crippen LogP contribution in [0.5, 0.6) is 0 Å². The molecule has 104 valence electrons. The van der Waals surface area contributed by atoms with E-state index in [0.29, 0.717) is 12.2 Å². The maximum atomic E-state index is 12.5. The van der Waals surface area contributed by atoms with Crippen molar-refractivity contribution in [2.45, 2.75) is 44.4 Å². The molecule has 5 nitrogen and oxygen atoms in total. The van der Waals surface area contributed by atoms with Crippen molar-refractivity contribution in [3.05, 3.63) is 10.7 Å². The molecular weight excluding hydrogens is 272 g/mol. The molecule has 1 N–H and O–H groups in total. The van der Waals surface area contributed by atoms with Gasteiger partial charge in [0, 0.05) is 13.1 Å². The summed E-state index contributed by atoms with van der Waals surface area (Å²) in [5.41, 5.74) is -0.539. The molecule has 18 heavy (non-hydrogen) atoms. The lowest BCUT2D eigenvalue weighted by atomic mass is 10.1. The molecule has 7 heteroatoms. The van der Waals surface area contributed by atoms with Gasteiger partial charge >= 0.3 is 0 Å². The summed E-state index contributed by atoms with van der Waals surface area (Å²) in [7, 11) is -3.56. The van der Waals surface area contributed by atoms with Crippen molar-refractivity contribution < 1.29 is 13.5 Å². The number of hydrogen-bond donors (Lipinski definition) is 1. The van der Waals surface area contributed by atoms with E-state index in [1.54, 1.807) is 34.6 Å². The van der Waals surface area contributed by atoms with E-state index < -0.39 is 15.6 Å². The highest BCUT2D eigenvalue weighted by molar-refractivity contribution is 7.91. The van der Waals surface area contributed by atoms with Gasteiger partial charge in [-0.05, 0) is 27.7 Å². The van der Waals surface area contributed by atoms with Gasteiger partial charge in [-0.25, -0.2) is 13.4 Å². The lowest BCUT2D eigenvalue weighted by Crippen LogP contribution is -2.42. The quantitative estimate of drug-likeness (QED) is 0.893. The van der Waals surface area contributed by atoms with Gasteiger partial charge in [0.1, 0.15) is 0 Å². The second-order valence-electron chi connectivity index (χ2n) is 4.85. The largest absolute Gasteiger partial charge is 0.389 e. The molecular formula is C11H20N2O3S2. The molecule has 1 heterocycles. The van der Waals surface area contributed by atoms with E-state index in [-0.39, 0.29) is 10.8 Å². The van der Waals surface area contributed by atoms with Gasteiger partial charge in [0.05, 0.1) is 16.3 Å². The molecule has 0 unspecified atom stereocenters. The summed E-state index contributed by atoms with van der Waals surface area (Å²) in [4.78, 5) is 4.14. The summed E-state index contributed by atoms with van der Waals surface area (Å²) < 4.78 is 26.5. The van der Waals surface area contributed by atoms with Crippen LogP contribution < -0.4 is 0 Å². The lowest BCUT2D eigenvalue weighted by Gasteiger charge is -2.26. The smallest absolute Gasteiger partial charge is 0.254 e. The molecule has 0 bridgehead atoms. The van der Waals surface area contributed by atoms with E-state index in [2.05, 4.69) is 4.98 Å². The second-order valence-corrected chi connectivity index (χ2v) is 8.19. The molecule has 1 rings (SSSR count). The summed E-state index contributed by atoms with van der Waals surface area (Å²) >= 11 is 1.17. The van der Waals surface area contributed by atoms with Crippen molar-refractivity contribution in [1.82, 2.24) is 9.29 Å². The van der Waals surface area contributed by atoms with Crippen LogP contribution in [0, 0.1) is 13.8 Å². The molecule has 0 saturated carbocycles. The topological polar surface area (TPSA) is 70.5 Å². The number of aromatic nitrogens is 1. The standard InChI is InChI=1S/C11H20N2O3S2/c1-6-13(7-11(4,5)14)18(15,16)10-8(2)12-9(3)17-10/h14H,6-7H2,1-5H3. The number of rotatable bonds is 5. The minimum Gasteiger partial charge on any atom is -0.389 e. The molecule has 0 aromatic carbocycles. The third kappa shape index (κ3) is 3.50. The van der Waals surface area contributed by atoms with Crippen molar-refractivity contribution >= 4 is 21.4 Å². The zero-order valence-electron chi connectivity index (χ0n) is 11.4. The average molecular weight is 292 g/mol. The van der Waals surface area contributed by atoms with Crippen LogP contribution in [0.25, 0.3) is 0 Å². The first-order chi connectivity index (χ1) is 8.08. The monoisotopic (exact) mass is 292 g/mol. The number of nitrogens with zero attached hydrogens (tertiary/aromatic N) is 2. The third-order valence-electron chi connectivity index (χ3n) is 2.35. The molecule has 0 spiro atoms. The minimum atomic E-state index is -3.56. The van der Waals surface area contributed by atoms with Gasteiger partial charge < -0.3 is 5.11 Å². The molecule has 0 atom stereocenters. The molecule has 1 aromatic heterocycles. The highest BCUT2D eigenvalue weighted by atomic mass is 32.2. The number of sulfonamides is 1. The van der Waals surface area contributed by atoms with E-state index in [9.17, 15) is 13.5 Å². The van der Waals surface area contributed by atoms with Crippen molar-refractivity contribution in [2.24, 2.45) is 0 Å². The van der Waals surface area contributed by atoms with Crippen LogP contribution in [0.4, 0.5) is 0 Å². The average Bonchev–Trinajstić information content (AvgIpc) is 2.53. The SMILES string of the molecule is CCN(CC(C)(C)O)S(=O)(=O)c1sc(C)nc1C. The first-order valence-corrected chi connectivity index (χ1v) is 8.00. The Bertz CT molecular complexity index is 515. The lowest BCUT2D eigenvalue weighted by molar-refractivity contribution is 0.0602. The Morgan fingerprint density at radius 2 is 1.94 bits per heavy atom. The van der Waals surface area contributed by atoms with E-state index in [4.69, 9.17) is 0 Å². The van der Waals surface area contributed by atoms with Crippen molar-refractivity contribution in [3.63, 3.8) is 0 Å². The Balaban J connectivity index is 3.15. The van der Waals surface area contributed by atoms with Crippen molar-refractivity contribution in [2.75, 3.05) is 13.1 Å². The maximum Gasteiger partial charge on any atom is 0.254 e. The van der Waals surface area contributed by atoms with Crippen LogP contribution in [0.3, 0.4) is 0 Å². The van der Waals surface area contributed by atoms with Crippen LogP contribution in [-0.2, 0) is 10.0 Å². The number of thiazole rings is 1. The first kappa shape index (κ1) is 15.6. The zero-order valence-corrected chi connectivity index (χ0v) is 13.0. The summed E-state index contributed by atoms with van der Waals surface area (Å²) in [6.45, 7) is 8.81. The fraction of sp³-hybridized carbons (Fsp3) is 0.727. The Morgan fingerprint density at radius 1 is 1.39 bits per heavy atom. The van der Waals surface area contributed by atoms with E-state index in [0.717, 1.165) is 5.01 Å². The van der Waals surface area contributed by atoms with Crippen LogP contribution in [0.15, 0.2) is 4.21 Å². The Labute approximate surface area is 113 Å². The Morgan fingerprint density at radius 3 is 2.28 bits per heavy atom. The summed E-state index contributed by atoms with van der Waals surface area (Å²) in [5.74, 6) is 0. The zero-order chi connectivity index (χ0) is 14.1. The first-order valence-electron chi connectivity index (χ1n) is 5.74. The third-order valence-corrected chi connectivity index (χ3v) is 5.93. The molecule has 0 aliphatic carbocycles. The highest BCUT2D eigenvalue weighted by Crippen LogP contribution is 2.27. The molecule has 0 fully saturated rings. The van der Waals surface area contributed by atoms with Gasteiger partial charge in [-0.2, -0.15) is 4.31 Å². The van der Waals surface area contributed by atoms with E-state index in [1.165, 1.54) is 15.6 Å². The van der Waals surface area contributed by atoms with Gasteiger partial charge in [-0.3, -0.25) is 0 Å². The Hall–Kier alpha value is -0.500. The minimum absolute atomic E-state index is 0.0716. The summed E-state index contributed by atoms with van der Waals surface area (Å²) in [6, 6.07) is 0. The van der Waals surface area contributed by atoms with E-state index >= 15 is 0 Å².